The number of amides is 2. The summed E-state index contributed by atoms with van der Waals surface area (Å²) in [5, 5.41) is 20.2. The van der Waals surface area contributed by atoms with Gasteiger partial charge in [0.15, 0.2) is 0 Å². The van der Waals surface area contributed by atoms with Crippen LogP contribution in [0.1, 0.15) is 20.8 Å². The number of aliphatic hydroxyl groups is 1. The molecule has 0 aromatic heterocycles. The first-order chi connectivity index (χ1) is 7.31. The van der Waals surface area contributed by atoms with Crippen LogP contribution in [0.5, 0.6) is 0 Å². The Morgan fingerprint density at radius 3 is 2.19 bits per heavy atom. The first-order valence-corrected chi connectivity index (χ1v) is 5.18. The zero-order chi connectivity index (χ0) is 12.9. The molecule has 0 bridgehead atoms. The highest BCUT2D eigenvalue weighted by Gasteiger charge is 2.23. The molecule has 0 aliphatic rings. The Bertz CT molecular complexity index is 257. The van der Waals surface area contributed by atoms with E-state index >= 15 is 0 Å². The molecule has 0 saturated carbocycles. The van der Waals surface area contributed by atoms with E-state index in [1.807, 2.05) is 0 Å². The second kappa shape index (κ2) is 6.32. The largest absolute Gasteiger partial charge is 0.481 e. The van der Waals surface area contributed by atoms with Crippen LogP contribution >= 0.6 is 0 Å². The number of likely N-dealkylation sites (N-methyl/N-ethyl adjacent to an activating group) is 1. The highest BCUT2D eigenvalue weighted by Crippen LogP contribution is 2.04. The molecule has 0 rings (SSSR count). The van der Waals surface area contributed by atoms with Crippen molar-refractivity contribution in [3.63, 3.8) is 0 Å². The lowest BCUT2D eigenvalue weighted by Gasteiger charge is -2.26. The number of hydrogen-bond donors (Lipinski definition) is 3. The van der Waals surface area contributed by atoms with Gasteiger partial charge in [-0.2, -0.15) is 0 Å². The summed E-state index contributed by atoms with van der Waals surface area (Å²) in [5.74, 6) is -1.60. The summed E-state index contributed by atoms with van der Waals surface area (Å²) in [4.78, 5) is 23.6. The SMILES string of the molecule is CC(NC(=O)N(C)C(C)CO)C(C)C(=O)O. The summed E-state index contributed by atoms with van der Waals surface area (Å²) >= 11 is 0. The third kappa shape index (κ3) is 4.06. The fourth-order valence-corrected chi connectivity index (χ4v) is 0.958. The molecule has 0 radical (unpaired) electrons. The Labute approximate surface area is 95.2 Å². The molecule has 0 heterocycles. The van der Waals surface area contributed by atoms with Crippen LogP contribution in [0.15, 0.2) is 0 Å². The van der Waals surface area contributed by atoms with Crippen LogP contribution in [0, 0.1) is 5.92 Å². The topological polar surface area (TPSA) is 89.9 Å². The average Bonchev–Trinajstić information content (AvgIpc) is 2.25. The van der Waals surface area contributed by atoms with E-state index in [-0.39, 0.29) is 18.7 Å². The second-order valence-corrected chi connectivity index (χ2v) is 4.01. The number of urea groups is 1. The number of nitrogens with zero attached hydrogens (tertiary/aromatic N) is 1. The Morgan fingerprint density at radius 2 is 1.81 bits per heavy atom. The Balaban J connectivity index is 4.29. The van der Waals surface area contributed by atoms with E-state index in [9.17, 15) is 9.59 Å². The third-order valence-corrected chi connectivity index (χ3v) is 2.74. The van der Waals surface area contributed by atoms with Crippen LogP contribution in [0.2, 0.25) is 0 Å². The van der Waals surface area contributed by atoms with Gasteiger partial charge in [-0.15, -0.1) is 0 Å². The summed E-state index contributed by atoms with van der Waals surface area (Å²) in [6.45, 7) is 4.73. The molecule has 0 aromatic carbocycles. The maximum absolute atomic E-state index is 11.6. The zero-order valence-electron chi connectivity index (χ0n) is 10.1. The summed E-state index contributed by atoms with van der Waals surface area (Å²) in [6.07, 6.45) is 0. The van der Waals surface area contributed by atoms with Crippen molar-refractivity contribution in [1.29, 1.82) is 0 Å². The van der Waals surface area contributed by atoms with Gasteiger partial charge in [0, 0.05) is 13.1 Å². The quantitative estimate of drug-likeness (QED) is 0.628. The van der Waals surface area contributed by atoms with Crippen LogP contribution in [-0.2, 0) is 4.79 Å². The standard InChI is InChI=1S/C10H20N2O4/c1-6(5-13)12(4)10(16)11-8(3)7(2)9(14)15/h6-8,13H,5H2,1-4H3,(H,11,16)(H,14,15). The monoisotopic (exact) mass is 232 g/mol. The molecule has 6 nitrogen and oxygen atoms in total. The minimum atomic E-state index is -0.953. The van der Waals surface area contributed by atoms with Crippen LogP contribution in [-0.4, -0.2) is 52.9 Å². The van der Waals surface area contributed by atoms with E-state index in [4.69, 9.17) is 10.2 Å². The molecule has 0 aliphatic carbocycles. The number of aliphatic carboxylic acids is 1. The van der Waals surface area contributed by atoms with E-state index in [2.05, 4.69) is 5.32 Å². The van der Waals surface area contributed by atoms with Gasteiger partial charge in [-0.05, 0) is 20.8 Å². The van der Waals surface area contributed by atoms with E-state index in [1.54, 1.807) is 20.9 Å². The van der Waals surface area contributed by atoms with Crippen molar-refractivity contribution in [2.24, 2.45) is 5.92 Å². The molecule has 94 valence electrons. The lowest BCUT2D eigenvalue weighted by molar-refractivity contribution is -0.141. The third-order valence-electron chi connectivity index (χ3n) is 2.74. The van der Waals surface area contributed by atoms with Crippen molar-refractivity contribution in [1.82, 2.24) is 10.2 Å². The second-order valence-electron chi connectivity index (χ2n) is 4.01. The number of hydrogen-bond acceptors (Lipinski definition) is 3. The van der Waals surface area contributed by atoms with Crippen molar-refractivity contribution in [3.8, 4) is 0 Å². The highest BCUT2D eigenvalue weighted by molar-refractivity contribution is 5.76. The predicted molar refractivity (Wildman–Crippen MR) is 59.1 cm³/mol. The normalized spacial score (nSPS) is 16.1. The van der Waals surface area contributed by atoms with Crippen molar-refractivity contribution >= 4 is 12.0 Å². The zero-order valence-corrected chi connectivity index (χ0v) is 10.1. The van der Waals surface area contributed by atoms with Crippen molar-refractivity contribution < 1.29 is 19.8 Å². The summed E-state index contributed by atoms with van der Waals surface area (Å²) < 4.78 is 0. The van der Waals surface area contributed by atoms with Gasteiger partial charge in [-0.1, -0.05) is 0 Å². The van der Waals surface area contributed by atoms with Gasteiger partial charge in [0.05, 0.1) is 18.6 Å². The minimum Gasteiger partial charge on any atom is -0.481 e. The number of aliphatic hydroxyl groups excluding tert-OH is 1. The molecule has 0 spiro atoms. The summed E-state index contributed by atoms with van der Waals surface area (Å²) in [5.41, 5.74) is 0. The van der Waals surface area contributed by atoms with Gasteiger partial charge in [-0.3, -0.25) is 4.79 Å². The molecule has 3 N–H and O–H groups in total. The number of carbonyl (C=O) groups is 2. The Kier molecular flexibility index (Phi) is 5.81. The van der Waals surface area contributed by atoms with E-state index in [0.29, 0.717) is 0 Å². The lowest BCUT2D eigenvalue weighted by Crippen LogP contribution is -2.49. The van der Waals surface area contributed by atoms with Crippen LogP contribution in [0.4, 0.5) is 4.79 Å². The van der Waals surface area contributed by atoms with Gasteiger partial charge in [0.2, 0.25) is 0 Å². The number of carboxylic acids is 1. The van der Waals surface area contributed by atoms with Crippen molar-refractivity contribution in [2.45, 2.75) is 32.9 Å². The van der Waals surface area contributed by atoms with Crippen molar-refractivity contribution in [3.05, 3.63) is 0 Å². The average molecular weight is 232 g/mol. The molecule has 3 unspecified atom stereocenters. The lowest BCUT2D eigenvalue weighted by atomic mass is 10.0. The fourth-order valence-electron chi connectivity index (χ4n) is 0.958. The van der Waals surface area contributed by atoms with E-state index in [1.165, 1.54) is 11.8 Å². The maximum atomic E-state index is 11.6. The van der Waals surface area contributed by atoms with Gasteiger partial charge in [0.1, 0.15) is 0 Å². The number of rotatable bonds is 5. The Morgan fingerprint density at radius 1 is 1.31 bits per heavy atom. The first-order valence-electron chi connectivity index (χ1n) is 5.18. The van der Waals surface area contributed by atoms with Gasteiger partial charge in [-0.25, -0.2) is 4.79 Å². The van der Waals surface area contributed by atoms with Crippen LogP contribution in [0.3, 0.4) is 0 Å². The predicted octanol–water partition coefficient (Wildman–Crippen LogP) is 0.118. The first kappa shape index (κ1) is 14.7. The fraction of sp³-hybridized carbons (Fsp3) is 0.800. The smallest absolute Gasteiger partial charge is 0.317 e. The molecule has 3 atom stereocenters. The van der Waals surface area contributed by atoms with Gasteiger partial charge < -0.3 is 20.4 Å². The maximum Gasteiger partial charge on any atom is 0.317 e. The highest BCUT2D eigenvalue weighted by atomic mass is 16.4. The molecule has 2 amide bonds. The van der Waals surface area contributed by atoms with E-state index in [0.717, 1.165) is 0 Å². The summed E-state index contributed by atoms with van der Waals surface area (Å²) in [6, 6.07) is -1.15. The molecule has 6 heteroatoms. The Hall–Kier alpha value is -1.30. The van der Waals surface area contributed by atoms with E-state index < -0.39 is 17.9 Å². The van der Waals surface area contributed by atoms with Crippen LogP contribution < -0.4 is 5.32 Å². The molecule has 0 aromatic rings. The van der Waals surface area contributed by atoms with Crippen molar-refractivity contribution in [2.75, 3.05) is 13.7 Å². The van der Waals surface area contributed by atoms with Crippen LogP contribution in [0.25, 0.3) is 0 Å². The van der Waals surface area contributed by atoms with Gasteiger partial charge >= 0.3 is 12.0 Å². The molecular weight excluding hydrogens is 212 g/mol. The minimum absolute atomic E-state index is 0.132. The summed E-state index contributed by atoms with van der Waals surface area (Å²) in [7, 11) is 1.55. The molecule has 16 heavy (non-hydrogen) atoms. The molecule has 0 saturated heterocycles. The number of carbonyl (C=O) groups excluding carboxylic acids is 1. The molecule has 0 aliphatic heterocycles. The molecular formula is C10H20N2O4. The molecule has 0 fully saturated rings. The van der Waals surface area contributed by atoms with Gasteiger partial charge in [0.25, 0.3) is 0 Å². The number of nitrogens with one attached hydrogen (secondary N) is 1. The number of carboxylic acid groups (broad SMARTS) is 1.